The van der Waals surface area contributed by atoms with Crippen LogP contribution in [0.15, 0.2) is 24.3 Å². The highest BCUT2D eigenvalue weighted by Gasteiger charge is 2.10. The van der Waals surface area contributed by atoms with Crippen LogP contribution >= 0.6 is 0 Å². The Balaban J connectivity index is 2.39. The number of hydrogen-bond donors (Lipinski definition) is 0. The van der Waals surface area contributed by atoms with Crippen molar-refractivity contribution >= 4 is 0 Å². The summed E-state index contributed by atoms with van der Waals surface area (Å²) in [6.07, 6.45) is 7.33. The number of aryl methyl sites for hydroxylation is 1. The molecule has 0 spiro atoms. The van der Waals surface area contributed by atoms with Crippen LogP contribution in [-0.2, 0) is 12.8 Å². The van der Waals surface area contributed by atoms with Crippen molar-refractivity contribution in [2.75, 3.05) is 0 Å². The van der Waals surface area contributed by atoms with Crippen LogP contribution in [0.5, 0.6) is 0 Å². The maximum Gasteiger partial charge on any atom is -0.0230 e. The van der Waals surface area contributed by atoms with Gasteiger partial charge in [-0.05, 0) is 35.8 Å². The summed E-state index contributed by atoms with van der Waals surface area (Å²) in [5.74, 6) is 0. The number of hydrogen-bond acceptors (Lipinski definition) is 0. The molecule has 0 atom stereocenters. The summed E-state index contributed by atoms with van der Waals surface area (Å²) in [7, 11) is 0. The summed E-state index contributed by atoms with van der Waals surface area (Å²) in [5.41, 5.74) is 3.32. The lowest BCUT2D eigenvalue weighted by molar-refractivity contribution is 0.411. The number of rotatable bonds is 6. The standard InChI is InChI=1S/C17H27/c1-5-6-7-8-9-15-10-12-16(13-11-15)14-17(2,3)4/h10-13H,1,5-9,14H2,2-4H3. The second-order valence-electron chi connectivity index (χ2n) is 6.22. The predicted octanol–water partition coefficient (Wildman–Crippen LogP) is 5.21. The highest BCUT2D eigenvalue weighted by Crippen LogP contribution is 2.21. The van der Waals surface area contributed by atoms with Gasteiger partial charge < -0.3 is 0 Å². The van der Waals surface area contributed by atoms with E-state index in [1.807, 2.05) is 0 Å². The van der Waals surface area contributed by atoms with E-state index < -0.39 is 0 Å². The van der Waals surface area contributed by atoms with E-state index >= 15 is 0 Å². The summed E-state index contributed by atoms with van der Waals surface area (Å²) in [4.78, 5) is 0. The van der Waals surface area contributed by atoms with Crippen LogP contribution in [0.1, 0.15) is 57.6 Å². The Morgan fingerprint density at radius 3 is 2.00 bits per heavy atom. The lowest BCUT2D eigenvalue weighted by Crippen LogP contribution is -2.08. The molecule has 0 bridgehead atoms. The van der Waals surface area contributed by atoms with Crippen molar-refractivity contribution in [2.45, 2.75) is 59.3 Å². The topological polar surface area (TPSA) is 0 Å². The fourth-order valence-electron chi connectivity index (χ4n) is 2.12. The molecule has 0 aliphatic rings. The molecule has 1 radical (unpaired) electrons. The van der Waals surface area contributed by atoms with Gasteiger partial charge in [0.15, 0.2) is 0 Å². The Hall–Kier alpha value is -0.780. The molecule has 0 aliphatic carbocycles. The zero-order chi connectivity index (χ0) is 12.7. The van der Waals surface area contributed by atoms with Gasteiger partial charge in [-0.1, -0.05) is 71.2 Å². The SMILES string of the molecule is [CH2]CCCCCc1ccc(CC(C)(C)C)cc1. The van der Waals surface area contributed by atoms with E-state index in [4.69, 9.17) is 0 Å². The monoisotopic (exact) mass is 231 g/mol. The zero-order valence-electron chi connectivity index (χ0n) is 11.8. The van der Waals surface area contributed by atoms with E-state index in [1.165, 1.54) is 36.8 Å². The molecule has 1 rings (SSSR count). The molecule has 0 heteroatoms. The quantitative estimate of drug-likeness (QED) is 0.589. The molecule has 0 amide bonds. The van der Waals surface area contributed by atoms with E-state index in [2.05, 4.69) is 52.0 Å². The van der Waals surface area contributed by atoms with Crippen molar-refractivity contribution in [1.29, 1.82) is 0 Å². The van der Waals surface area contributed by atoms with Crippen molar-refractivity contribution in [3.05, 3.63) is 42.3 Å². The molecule has 0 aromatic heterocycles. The number of unbranched alkanes of at least 4 members (excludes halogenated alkanes) is 3. The van der Waals surface area contributed by atoms with Gasteiger partial charge in [0.1, 0.15) is 0 Å². The van der Waals surface area contributed by atoms with Gasteiger partial charge in [-0.25, -0.2) is 0 Å². The minimum absolute atomic E-state index is 0.385. The van der Waals surface area contributed by atoms with Gasteiger partial charge >= 0.3 is 0 Å². The molecule has 0 heterocycles. The van der Waals surface area contributed by atoms with Gasteiger partial charge in [0.25, 0.3) is 0 Å². The van der Waals surface area contributed by atoms with Crippen LogP contribution in [-0.4, -0.2) is 0 Å². The van der Waals surface area contributed by atoms with Crippen LogP contribution in [0.25, 0.3) is 0 Å². The lowest BCUT2D eigenvalue weighted by Gasteiger charge is -2.18. The first-order valence-corrected chi connectivity index (χ1v) is 6.88. The van der Waals surface area contributed by atoms with Gasteiger partial charge in [0, 0.05) is 0 Å². The van der Waals surface area contributed by atoms with Crippen molar-refractivity contribution in [3.63, 3.8) is 0 Å². The molecule has 0 unspecified atom stereocenters. The second kappa shape index (κ2) is 6.83. The van der Waals surface area contributed by atoms with Crippen LogP contribution < -0.4 is 0 Å². The summed E-state index contributed by atoms with van der Waals surface area (Å²) >= 11 is 0. The first-order valence-electron chi connectivity index (χ1n) is 6.88. The highest BCUT2D eigenvalue weighted by molar-refractivity contribution is 5.23. The third-order valence-electron chi connectivity index (χ3n) is 2.97. The normalized spacial score (nSPS) is 11.8. The molecule has 95 valence electrons. The van der Waals surface area contributed by atoms with Crippen LogP contribution in [0.2, 0.25) is 0 Å². The maximum absolute atomic E-state index is 3.88. The van der Waals surface area contributed by atoms with Crippen LogP contribution in [0, 0.1) is 12.3 Å². The molecule has 1 aromatic carbocycles. The van der Waals surface area contributed by atoms with Gasteiger partial charge in [0.05, 0.1) is 0 Å². The summed E-state index contributed by atoms with van der Waals surface area (Å²) in [5, 5.41) is 0. The van der Waals surface area contributed by atoms with Crippen molar-refractivity contribution in [3.8, 4) is 0 Å². The third kappa shape index (κ3) is 6.51. The number of benzene rings is 1. The Labute approximate surface area is 107 Å². The minimum Gasteiger partial charge on any atom is -0.0599 e. The van der Waals surface area contributed by atoms with Crippen LogP contribution in [0.3, 0.4) is 0 Å². The Bertz CT molecular complexity index is 300. The van der Waals surface area contributed by atoms with Gasteiger partial charge in [-0.2, -0.15) is 0 Å². The molecule has 0 saturated carbocycles. The van der Waals surface area contributed by atoms with E-state index in [-0.39, 0.29) is 0 Å². The van der Waals surface area contributed by atoms with Gasteiger partial charge in [-0.15, -0.1) is 0 Å². The van der Waals surface area contributed by atoms with E-state index in [1.54, 1.807) is 0 Å². The lowest BCUT2D eigenvalue weighted by atomic mass is 9.88. The molecule has 0 nitrogen and oxygen atoms in total. The molecular weight excluding hydrogens is 204 g/mol. The molecule has 1 aromatic rings. The molecule has 0 aliphatic heterocycles. The van der Waals surface area contributed by atoms with Crippen LogP contribution in [0.4, 0.5) is 0 Å². The molecule has 17 heavy (non-hydrogen) atoms. The average Bonchev–Trinajstić information content (AvgIpc) is 2.25. The molecule has 0 N–H and O–H groups in total. The molecule has 0 saturated heterocycles. The minimum atomic E-state index is 0.385. The van der Waals surface area contributed by atoms with E-state index in [9.17, 15) is 0 Å². The van der Waals surface area contributed by atoms with Gasteiger partial charge in [-0.3, -0.25) is 0 Å². The summed E-state index contributed by atoms with van der Waals surface area (Å²) in [6, 6.07) is 9.18. The van der Waals surface area contributed by atoms with Crippen molar-refractivity contribution < 1.29 is 0 Å². The Morgan fingerprint density at radius 1 is 0.882 bits per heavy atom. The Kier molecular flexibility index (Phi) is 5.74. The molecule has 0 fully saturated rings. The Morgan fingerprint density at radius 2 is 1.47 bits per heavy atom. The van der Waals surface area contributed by atoms with Gasteiger partial charge in [0.2, 0.25) is 0 Å². The average molecular weight is 231 g/mol. The fourth-order valence-corrected chi connectivity index (χ4v) is 2.12. The first kappa shape index (κ1) is 14.3. The van der Waals surface area contributed by atoms with Crippen molar-refractivity contribution in [2.24, 2.45) is 5.41 Å². The maximum atomic E-state index is 3.88. The predicted molar refractivity (Wildman–Crippen MR) is 77.1 cm³/mol. The zero-order valence-corrected chi connectivity index (χ0v) is 11.8. The largest absolute Gasteiger partial charge is 0.0599 e. The second-order valence-corrected chi connectivity index (χ2v) is 6.22. The summed E-state index contributed by atoms with van der Waals surface area (Å²) < 4.78 is 0. The first-order chi connectivity index (χ1) is 8.01. The third-order valence-corrected chi connectivity index (χ3v) is 2.97. The summed E-state index contributed by atoms with van der Waals surface area (Å²) in [6.45, 7) is 10.7. The van der Waals surface area contributed by atoms with E-state index in [0.29, 0.717) is 5.41 Å². The highest BCUT2D eigenvalue weighted by atomic mass is 14.2. The van der Waals surface area contributed by atoms with E-state index in [0.717, 1.165) is 12.8 Å². The fraction of sp³-hybridized carbons (Fsp3) is 0.588. The molecular formula is C17H27. The van der Waals surface area contributed by atoms with Crippen molar-refractivity contribution in [1.82, 2.24) is 0 Å². The smallest absolute Gasteiger partial charge is 0.0230 e.